The molecule has 1 aromatic carbocycles. The van der Waals surface area contributed by atoms with Crippen molar-refractivity contribution in [2.24, 2.45) is 0 Å². The third-order valence-electron chi connectivity index (χ3n) is 1.99. The molecule has 74 valence electrons. The highest BCUT2D eigenvalue weighted by Crippen LogP contribution is 2.24. The molecule has 2 heterocycles. The first-order valence-electron chi connectivity index (χ1n) is 4.22. The Morgan fingerprint density at radius 3 is 2.87 bits per heavy atom. The number of benzene rings is 1. The summed E-state index contributed by atoms with van der Waals surface area (Å²) in [4.78, 5) is 13.5. The Morgan fingerprint density at radius 1 is 1.13 bits per heavy atom. The molecule has 0 bridgehead atoms. The van der Waals surface area contributed by atoms with Crippen LogP contribution in [0.3, 0.4) is 0 Å². The molecule has 0 fully saturated rings. The number of aromatic nitrogens is 3. The van der Waals surface area contributed by atoms with Crippen LogP contribution in [0.5, 0.6) is 0 Å². The van der Waals surface area contributed by atoms with E-state index >= 15 is 0 Å². The zero-order chi connectivity index (χ0) is 10.4. The van der Waals surface area contributed by atoms with Crippen LogP contribution >= 0.6 is 22.9 Å². The summed E-state index contributed by atoms with van der Waals surface area (Å²) in [6, 6.07) is 5.37. The molecule has 0 unspecified atom stereocenters. The first-order chi connectivity index (χ1) is 7.22. The van der Waals surface area contributed by atoms with E-state index in [4.69, 9.17) is 17.3 Å². The minimum Gasteiger partial charge on any atom is -0.375 e. The van der Waals surface area contributed by atoms with Gasteiger partial charge >= 0.3 is 0 Å². The average Bonchev–Trinajstić information content (AvgIpc) is 2.53. The number of hydrogen-bond donors (Lipinski definition) is 1. The maximum atomic E-state index is 5.87. The van der Waals surface area contributed by atoms with Gasteiger partial charge in [-0.25, -0.2) is 9.97 Å². The Bertz CT molecular complexity index is 664. The predicted octanol–water partition coefficient (Wildman–Crippen LogP) is 2.48. The maximum Gasteiger partial charge on any atom is 0.192 e. The number of nitrogens with zero attached hydrogens (tertiary/aromatic N) is 3. The molecule has 3 aromatic rings. The molecule has 3 rings (SSSR count). The highest BCUT2D eigenvalue weighted by molar-refractivity contribution is 7.21. The smallest absolute Gasteiger partial charge is 0.192 e. The highest BCUT2D eigenvalue weighted by Gasteiger charge is 2.06. The van der Waals surface area contributed by atoms with E-state index in [1.54, 1.807) is 12.1 Å². The zero-order valence-electron chi connectivity index (χ0n) is 7.44. The summed E-state index contributed by atoms with van der Waals surface area (Å²) >= 11 is 7.19. The molecular formula is C9H5ClN4S. The lowest BCUT2D eigenvalue weighted by molar-refractivity contribution is 1.34. The first kappa shape index (κ1) is 8.82. The summed E-state index contributed by atoms with van der Waals surface area (Å²) in [5.41, 5.74) is 7.71. The number of rotatable bonds is 0. The largest absolute Gasteiger partial charge is 0.375 e. The van der Waals surface area contributed by atoms with Gasteiger partial charge in [-0.3, -0.25) is 0 Å². The van der Waals surface area contributed by atoms with Crippen LogP contribution in [-0.4, -0.2) is 15.0 Å². The van der Waals surface area contributed by atoms with Gasteiger partial charge in [0.2, 0.25) is 0 Å². The number of halogens is 1. The fraction of sp³-hybridized carbons (Fsp3) is 0. The summed E-state index contributed by atoms with van der Waals surface area (Å²) in [5, 5.41) is 1.13. The minimum atomic E-state index is 0.478. The van der Waals surface area contributed by atoms with E-state index in [9.17, 15) is 0 Å². The second kappa shape index (κ2) is 3.01. The zero-order valence-corrected chi connectivity index (χ0v) is 9.01. The molecule has 0 amide bonds. The van der Waals surface area contributed by atoms with E-state index in [1.807, 2.05) is 6.07 Å². The lowest BCUT2D eigenvalue weighted by Gasteiger charge is -1.95. The van der Waals surface area contributed by atoms with Gasteiger partial charge in [-0.2, -0.15) is 4.98 Å². The maximum absolute atomic E-state index is 5.87. The van der Waals surface area contributed by atoms with Gasteiger partial charge in [0.05, 0.1) is 11.0 Å². The van der Waals surface area contributed by atoms with E-state index in [1.165, 1.54) is 11.3 Å². The average molecular weight is 237 g/mol. The van der Waals surface area contributed by atoms with Crippen molar-refractivity contribution in [3.8, 4) is 0 Å². The number of nitrogens with two attached hydrogens (primary N) is 1. The quantitative estimate of drug-likeness (QED) is 0.651. The number of anilines is 1. The number of hydrogen-bond acceptors (Lipinski definition) is 5. The Hall–Kier alpha value is -1.46. The van der Waals surface area contributed by atoms with Crippen molar-refractivity contribution < 1.29 is 0 Å². The van der Waals surface area contributed by atoms with E-state index in [-0.39, 0.29) is 0 Å². The Balaban J connectivity index is 2.46. The SMILES string of the molecule is Nc1nc2nc3ccc(Cl)cc3nc2s1. The fourth-order valence-corrected chi connectivity index (χ4v) is 2.19. The molecule has 2 aromatic heterocycles. The summed E-state index contributed by atoms with van der Waals surface area (Å²) < 4.78 is 0. The van der Waals surface area contributed by atoms with Gasteiger partial charge in [-0.1, -0.05) is 22.9 Å². The monoisotopic (exact) mass is 236 g/mol. The van der Waals surface area contributed by atoms with Gasteiger partial charge < -0.3 is 5.73 Å². The van der Waals surface area contributed by atoms with Crippen LogP contribution in [0.15, 0.2) is 18.2 Å². The van der Waals surface area contributed by atoms with Crippen molar-refractivity contribution in [3.05, 3.63) is 23.2 Å². The molecule has 15 heavy (non-hydrogen) atoms. The number of fused-ring (bicyclic) bond motifs is 2. The Labute approximate surface area is 93.7 Å². The molecule has 0 radical (unpaired) electrons. The molecule has 2 N–H and O–H groups in total. The molecule has 0 aliphatic carbocycles. The second-order valence-corrected chi connectivity index (χ2v) is 4.48. The van der Waals surface area contributed by atoms with Gasteiger partial charge in [0.15, 0.2) is 15.6 Å². The van der Waals surface area contributed by atoms with Crippen molar-refractivity contribution in [2.75, 3.05) is 5.73 Å². The van der Waals surface area contributed by atoms with E-state index in [0.29, 0.717) is 15.8 Å². The standard InChI is InChI=1S/C9H5ClN4S/c10-4-1-2-5-6(3-4)13-8-7(12-5)14-9(11)15-8/h1-3H,(H2,11,12,14). The van der Waals surface area contributed by atoms with Gasteiger partial charge in [0, 0.05) is 5.02 Å². The summed E-state index contributed by atoms with van der Waals surface area (Å²) in [6.45, 7) is 0. The van der Waals surface area contributed by atoms with E-state index in [0.717, 1.165) is 15.9 Å². The molecule has 0 spiro atoms. The predicted molar refractivity (Wildman–Crippen MR) is 62.1 cm³/mol. The third kappa shape index (κ3) is 1.40. The fourth-order valence-electron chi connectivity index (χ4n) is 1.37. The lowest BCUT2D eigenvalue weighted by Crippen LogP contribution is -1.85. The van der Waals surface area contributed by atoms with Crippen LogP contribution in [0.4, 0.5) is 5.13 Å². The molecule has 0 saturated heterocycles. The molecule has 0 saturated carbocycles. The summed E-state index contributed by atoms with van der Waals surface area (Å²) in [6.07, 6.45) is 0. The van der Waals surface area contributed by atoms with Crippen LogP contribution in [0.2, 0.25) is 5.02 Å². The molecule has 6 heteroatoms. The normalized spacial score (nSPS) is 11.3. The molecule has 0 aliphatic rings. The Kier molecular flexibility index (Phi) is 1.77. The van der Waals surface area contributed by atoms with Crippen LogP contribution in [0, 0.1) is 0 Å². The van der Waals surface area contributed by atoms with E-state index in [2.05, 4.69) is 15.0 Å². The van der Waals surface area contributed by atoms with Gasteiger partial charge in [0.1, 0.15) is 0 Å². The van der Waals surface area contributed by atoms with Crippen molar-refractivity contribution in [3.63, 3.8) is 0 Å². The van der Waals surface area contributed by atoms with Crippen LogP contribution in [0.25, 0.3) is 21.5 Å². The van der Waals surface area contributed by atoms with Crippen LogP contribution in [-0.2, 0) is 0 Å². The van der Waals surface area contributed by atoms with Crippen molar-refractivity contribution >= 4 is 49.6 Å². The topological polar surface area (TPSA) is 64.7 Å². The number of thiazole rings is 1. The first-order valence-corrected chi connectivity index (χ1v) is 5.41. The van der Waals surface area contributed by atoms with Crippen molar-refractivity contribution in [1.29, 1.82) is 0 Å². The molecule has 4 nitrogen and oxygen atoms in total. The molecule has 0 atom stereocenters. The summed E-state index contributed by atoms with van der Waals surface area (Å²) in [7, 11) is 0. The molecule has 0 aliphatic heterocycles. The van der Waals surface area contributed by atoms with Gasteiger partial charge in [0.25, 0.3) is 0 Å². The third-order valence-corrected chi connectivity index (χ3v) is 3.00. The van der Waals surface area contributed by atoms with Crippen molar-refractivity contribution in [1.82, 2.24) is 15.0 Å². The lowest BCUT2D eigenvalue weighted by atomic mass is 10.3. The minimum absolute atomic E-state index is 0.478. The second-order valence-electron chi connectivity index (χ2n) is 3.04. The number of nitrogen functional groups attached to an aromatic ring is 1. The molecular weight excluding hydrogens is 232 g/mol. The van der Waals surface area contributed by atoms with Crippen LogP contribution < -0.4 is 5.73 Å². The van der Waals surface area contributed by atoms with Crippen molar-refractivity contribution in [2.45, 2.75) is 0 Å². The summed E-state index contributed by atoms with van der Waals surface area (Å²) in [5.74, 6) is 0. The Morgan fingerprint density at radius 2 is 2.00 bits per heavy atom. The van der Waals surface area contributed by atoms with Gasteiger partial charge in [-0.05, 0) is 18.2 Å². The highest BCUT2D eigenvalue weighted by atomic mass is 35.5. The van der Waals surface area contributed by atoms with E-state index < -0.39 is 0 Å². The van der Waals surface area contributed by atoms with Gasteiger partial charge in [-0.15, -0.1) is 0 Å². The van der Waals surface area contributed by atoms with Crippen LogP contribution in [0.1, 0.15) is 0 Å².